The number of hydrogen-bond donors (Lipinski definition) is 1. The highest BCUT2D eigenvalue weighted by molar-refractivity contribution is 9.10. The summed E-state index contributed by atoms with van der Waals surface area (Å²) in [6.07, 6.45) is 1.18. The summed E-state index contributed by atoms with van der Waals surface area (Å²) in [4.78, 5) is 25.0. The minimum atomic E-state index is -3.76. The molecule has 6 nitrogen and oxygen atoms in total. The summed E-state index contributed by atoms with van der Waals surface area (Å²) in [6.45, 7) is 0. The molecule has 0 saturated carbocycles. The van der Waals surface area contributed by atoms with Crippen LogP contribution in [0.2, 0.25) is 0 Å². The fourth-order valence-corrected chi connectivity index (χ4v) is 4.03. The van der Waals surface area contributed by atoms with Crippen LogP contribution in [-0.2, 0) is 19.6 Å². The van der Waals surface area contributed by atoms with E-state index in [2.05, 4.69) is 20.7 Å². The lowest BCUT2D eigenvalue weighted by atomic mass is 10.1. The standard InChI is InChI=1S/C17H15BrN2O4S/c18-12-3-1-4-13(11-12)19-25(23,24)15-9-7-14(8-10-15)20-16(21)5-2-6-17(20)22/h1,3-4,7-11,19H,2,5-6H2. The quantitative estimate of drug-likeness (QED) is 0.766. The molecule has 0 aromatic heterocycles. The molecule has 1 aliphatic heterocycles. The topological polar surface area (TPSA) is 83.6 Å². The number of sulfonamides is 1. The van der Waals surface area contributed by atoms with Gasteiger partial charge in [0, 0.05) is 23.0 Å². The van der Waals surface area contributed by atoms with Gasteiger partial charge in [0.25, 0.3) is 10.0 Å². The number of piperidine rings is 1. The number of rotatable bonds is 4. The minimum Gasteiger partial charge on any atom is -0.280 e. The summed E-state index contributed by atoms with van der Waals surface area (Å²) in [5.41, 5.74) is 0.816. The molecule has 1 fully saturated rings. The zero-order chi connectivity index (χ0) is 18.0. The number of amides is 2. The van der Waals surface area contributed by atoms with E-state index >= 15 is 0 Å². The number of carbonyl (C=O) groups excluding carboxylic acids is 2. The molecule has 0 spiro atoms. The van der Waals surface area contributed by atoms with E-state index in [1.165, 1.54) is 24.3 Å². The van der Waals surface area contributed by atoms with Gasteiger partial charge in [0.05, 0.1) is 10.6 Å². The van der Waals surface area contributed by atoms with Crippen molar-refractivity contribution in [1.82, 2.24) is 0 Å². The number of carbonyl (C=O) groups is 2. The lowest BCUT2D eigenvalue weighted by molar-refractivity contribution is -0.129. The maximum Gasteiger partial charge on any atom is 0.261 e. The summed E-state index contributed by atoms with van der Waals surface area (Å²) in [6, 6.07) is 12.5. The van der Waals surface area contributed by atoms with Crippen molar-refractivity contribution >= 4 is 49.1 Å². The van der Waals surface area contributed by atoms with E-state index in [0.717, 1.165) is 9.37 Å². The average molecular weight is 423 g/mol. The highest BCUT2D eigenvalue weighted by Gasteiger charge is 2.27. The first-order valence-corrected chi connectivity index (χ1v) is 9.89. The molecule has 1 N–H and O–H groups in total. The van der Waals surface area contributed by atoms with Crippen LogP contribution >= 0.6 is 15.9 Å². The molecular weight excluding hydrogens is 408 g/mol. The molecule has 0 radical (unpaired) electrons. The van der Waals surface area contributed by atoms with E-state index in [1.54, 1.807) is 24.3 Å². The van der Waals surface area contributed by atoms with E-state index < -0.39 is 10.0 Å². The Morgan fingerprint density at radius 3 is 2.20 bits per heavy atom. The average Bonchev–Trinajstić information content (AvgIpc) is 2.55. The lowest BCUT2D eigenvalue weighted by Gasteiger charge is -2.24. The zero-order valence-corrected chi connectivity index (χ0v) is 15.5. The molecule has 25 heavy (non-hydrogen) atoms. The fraction of sp³-hybridized carbons (Fsp3) is 0.176. The summed E-state index contributed by atoms with van der Waals surface area (Å²) < 4.78 is 28.2. The van der Waals surface area contributed by atoms with Gasteiger partial charge in [0.2, 0.25) is 11.8 Å². The van der Waals surface area contributed by atoms with Gasteiger partial charge in [-0.25, -0.2) is 8.42 Å². The molecule has 1 heterocycles. The Balaban J connectivity index is 1.84. The summed E-state index contributed by atoms with van der Waals surface area (Å²) in [5, 5.41) is 0. The Morgan fingerprint density at radius 2 is 1.60 bits per heavy atom. The van der Waals surface area contributed by atoms with Gasteiger partial charge in [-0.1, -0.05) is 22.0 Å². The molecule has 130 valence electrons. The number of anilines is 2. The van der Waals surface area contributed by atoms with Crippen LogP contribution in [0, 0.1) is 0 Å². The van der Waals surface area contributed by atoms with Gasteiger partial charge in [0.1, 0.15) is 0 Å². The van der Waals surface area contributed by atoms with Crippen LogP contribution in [-0.4, -0.2) is 20.2 Å². The molecule has 0 bridgehead atoms. The predicted molar refractivity (Wildman–Crippen MR) is 97.7 cm³/mol. The van der Waals surface area contributed by atoms with Gasteiger partial charge in [-0.3, -0.25) is 19.2 Å². The highest BCUT2D eigenvalue weighted by atomic mass is 79.9. The van der Waals surface area contributed by atoms with Crippen molar-refractivity contribution in [2.45, 2.75) is 24.2 Å². The Morgan fingerprint density at radius 1 is 0.960 bits per heavy atom. The lowest BCUT2D eigenvalue weighted by Crippen LogP contribution is -2.40. The SMILES string of the molecule is O=C1CCCC(=O)N1c1ccc(S(=O)(=O)Nc2cccc(Br)c2)cc1. The van der Waals surface area contributed by atoms with E-state index in [9.17, 15) is 18.0 Å². The van der Waals surface area contributed by atoms with E-state index in [0.29, 0.717) is 30.6 Å². The first-order valence-electron chi connectivity index (χ1n) is 7.61. The van der Waals surface area contributed by atoms with Crippen LogP contribution in [0.3, 0.4) is 0 Å². The van der Waals surface area contributed by atoms with Gasteiger partial charge >= 0.3 is 0 Å². The van der Waals surface area contributed by atoms with Crippen LogP contribution in [0.25, 0.3) is 0 Å². The Bertz CT molecular complexity index is 910. The van der Waals surface area contributed by atoms with Crippen LogP contribution in [0.15, 0.2) is 57.9 Å². The van der Waals surface area contributed by atoms with Crippen molar-refractivity contribution in [3.05, 3.63) is 53.0 Å². The molecule has 0 aliphatic carbocycles. The molecule has 0 unspecified atom stereocenters. The van der Waals surface area contributed by atoms with Gasteiger partial charge in [-0.05, 0) is 48.9 Å². The van der Waals surface area contributed by atoms with Crippen molar-refractivity contribution in [1.29, 1.82) is 0 Å². The fourth-order valence-electron chi connectivity index (χ4n) is 2.58. The predicted octanol–water partition coefficient (Wildman–Crippen LogP) is 3.29. The normalized spacial score (nSPS) is 15.3. The Kier molecular flexibility index (Phi) is 4.91. The van der Waals surface area contributed by atoms with E-state index in [4.69, 9.17) is 0 Å². The van der Waals surface area contributed by atoms with E-state index in [-0.39, 0.29) is 16.7 Å². The Hall–Kier alpha value is -2.19. The minimum absolute atomic E-state index is 0.0492. The van der Waals surface area contributed by atoms with Crippen LogP contribution < -0.4 is 9.62 Å². The second-order valence-electron chi connectivity index (χ2n) is 5.59. The molecular formula is C17H15BrN2O4S. The summed E-state index contributed by atoms with van der Waals surface area (Å²) in [5.74, 6) is -0.529. The molecule has 3 rings (SSSR count). The maximum atomic E-state index is 12.5. The van der Waals surface area contributed by atoms with Gasteiger partial charge in [0.15, 0.2) is 0 Å². The molecule has 1 saturated heterocycles. The number of hydrogen-bond acceptors (Lipinski definition) is 4. The number of nitrogens with one attached hydrogen (secondary N) is 1. The molecule has 2 aromatic rings. The van der Waals surface area contributed by atoms with Crippen molar-refractivity contribution < 1.29 is 18.0 Å². The van der Waals surface area contributed by atoms with Crippen LogP contribution in [0.5, 0.6) is 0 Å². The second-order valence-corrected chi connectivity index (χ2v) is 8.18. The molecule has 2 amide bonds. The number of imide groups is 1. The molecule has 0 atom stereocenters. The van der Waals surface area contributed by atoms with Gasteiger partial charge < -0.3 is 0 Å². The summed E-state index contributed by atoms with van der Waals surface area (Å²) >= 11 is 3.29. The van der Waals surface area contributed by atoms with Crippen molar-refractivity contribution in [2.75, 3.05) is 9.62 Å². The van der Waals surface area contributed by atoms with Crippen LogP contribution in [0.4, 0.5) is 11.4 Å². The maximum absolute atomic E-state index is 12.5. The third-order valence-electron chi connectivity index (χ3n) is 3.76. The van der Waals surface area contributed by atoms with Crippen molar-refractivity contribution in [3.8, 4) is 0 Å². The first kappa shape index (κ1) is 17.6. The zero-order valence-electron chi connectivity index (χ0n) is 13.1. The Labute approximate surface area is 154 Å². The van der Waals surface area contributed by atoms with Crippen molar-refractivity contribution in [2.24, 2.45) is 0 Å². The van der Waals surface area contributed by atoms with E-state index in [1.807, 2.05) is 0 Å². The number of nitrogens with zero attached hydrogens (tertiary/aromatic N) is 1. The molecule has 8 heteroatoms. The van der Waals surface area contributed by atoms with Gasteiger partial charge in [-0.15, -0.1) is 0 Å². The van der Waals surface area contributed by atoms with Crippen LogP contribution in [0.1, 0.15) is 19.3 Å². The third-order valence-corrected chi connectivity index (χ3v) is 5.65. The van der Waals surface area contributed by atoms with Gasteiger partial charge in [-0.2, -0.15) is 0 Å². The summed E-state index contributed by atoms with van der Waals surface area (Å²) in [7, 11) is -3.76. The second kappa shape index (κ2) is 6.97. The smallest absolute Gasteiger partial charge is 0.261 e. The monoisotopic (exact) mass is 422 g/mol. The van der Waals surface area contributed by atoms with Crippen molar-refractivity contribution in [3.63, 3.8) is 0 Å². The molecule has 2 aromatic carbocycles. The largest absolute Gasteiger partial charge is 0.280 e. The molecule has 1 aliphatic rings. The number of halogens is 1. The first-order chi connectivity index (χ1) is 11.9. The third kappa shape index (κ3) is 3.91. The highest BCUT2D eigenvalue weighted by Crippen LogP contribution is 2.25. The number of benzene rings is 2.